The van der Waals surface area contributed by atoms with E-state index in [1.54, 1.807) is 0 Å². The zero-order valence-electron chi connectivity index (χ0n) is 5.11. The molecule has 0 aliphatic heterocycles. The molecule has 10 heavy (non-hydrogen) atoms. The Hall–Kier alpha value is -1.52. The number of nitrogens with zero attached hydrogens (tertiary/aromatic N) is 1. The Kier molecular flexibility index (Phi) is 3.70. The van der Waals surface area contributed by atoms with E-state index >= 15 is 0 Å². The van der Waals surface area contributed by atoms with Crippen molar-refractivity contribution in [1.82, 2.24) is 0 Å². The maximum atomic E-state index is 10.2. The average Bonchev–Trinajstić information content (AvgIpc) is 1.87. The Morgan fingerprint density at radius 3 is 2.50 bits per heavy atom. The first-order valence-electron chi connectivity index (χ1n) is 2.46. The number of primary amides is 1. The monoisotopic (exact) mass is 142 g/mol. The second-order valence-electron chi connectivity index (χ2n) is 1.44. The summed E-state index contributed by atoms with van der Waals surface area (Å²) < 4.78 is 0. The lowest BCUT2D eigenvalue weighted by Crippen LogP contribution is -2.06. The van der Waals surface area contributed by atoms with E-state index in [-0.39, 0.29) is 12.7 Å². The number of aliphatic imine (C=N–C) groups is 1. The predicted molar refractivity (Wildman–Crippen MR) is 33.8 cm³/mol. The summed E-state index contributed by atoms with van der Waals surface area (Å²) in [6, 6.07) is -0.876. The van der Waals surface area contributed by atoms with Crippen molar-refractivity contribution in [2.75, 3.05) is 0 Å². The molecule has 5 heteroatoms. The molecule has 2 amide bonds. The molecular weight excluding hydrogens is 136 g/mol. The highest BCUT2D eigenvalue weighted by atomic mass is 16.2. The van der Waals surface area contributed by atoms with Crippen molar-refractivity contribution in [3.05, 3.63) is 0 Å². The van der Waals surface area contributed by atoms with Crippen LogP contribution in [0.1, 0.15) is 6.42 Å². The minimum Gasteiger partial charge on any atom is -0.350 e. The Labute approximate surface area is 56.9 Å². The third-order valence-corrected chi connectivity index (χ3v) is 0.642. The van der Waals surface area contributed by atoms with Gasteiger partial charge in [-0.25, -0.2) is 9.79 Å². The summed E-state index contributed by atoms with van der Waals surface area (Å²) in [6.45, 7) is 0. The van der Waals surface area contributed by atoms with E-state index in [4.69, 9.17) is 0 Å². The van der Waals surface area contributed by atoms with Gasteiger partial charge in [0.15, 0.2) is 12.1 Å². The number of nitrogens with two attached hydrogens (primary N) is 1. The van der Waals surface area contributed by atoms with Crippen LogP contribution in [0.25, 0.3) is 0 Å². The topological polar surface area (TPSA) is 89.6 Å². The average molecular weight is 142 g/mol. The summed E-state index contributed by atoms with van der Waals surface area (Å²) in [7, 11) is 0. The summed E-state index contributed by atoms with van der Waals surface area (Å²) in [5.74, 6) is -0.634. The van der Waals surface area contributed by atoms with Gasteiger partial charge in [-0.3, -0.25) is 9.59 Å². The lowest BCUT2D eigenvalue weighted by molar-refractivity contribution is -0.129. The molecule has 0 radical (unpaired) electrons. The molecule has 54 valence electrons. The highest BCUT2D eigenvalue weighted by molar-refractivity contribution is 6.28. The normalized spacial score (nSPS) is 9.60. The molecule has 0 aromatic heterocycles. The van der Waals surface area contributed by atoms with E-state index in [2.05, 4.69) is 10.7 Å². The zero-order valence-corrected chi connectivity index (χ0v) is 5.11. The highest BCUT2D eigenvalue weighted by Crippen LogP contribution is 1.74. The van der Waals surface area contributed by atoms with Crippen molar-refractivity contribution in [2.45, 2.75) is 6.42 Å². The van der Waals surface area contributed by atoms with Crippen molar-refractivity contribution in [2.24, 2.45) is 10.7 Å². The molecule has 0 spiro atoms. The van der Waals surface area contributed by atoms with E-state index in [9.17, 15) is 14.4 Å². The van der Waals surface area contributed by atoms with Gasteiger partial charge in [0.2, 0.25) is 0 Å². The number of hydrogen-bond donors (Lipinski definition) is 1. The number of hydrogen-bond acceptors (Lipinski definition) is 3. The SMILES string of the molecule is NC(=O)N=CCC(=O)C=O. The second kappa shape index (κ2) is 4.37. The van der Waals surface area contributed by atoms with Crippen molar-refractivity contribution in [3.8, 4) is 0 Å². The second-order valence-corrected chi connectivity index (χ2v) is 1.44. The smallest absolute Gasteiger partial charge is 0.337 e. The molecule has 0 saturated carbocycles. The number of carbonyl (C=O) groups excluding carboxylic acids is 3. The molecule has 2 N–H and O–H groups in total. The molecule has 0 saturated heterocycles. The lowest BCUT2D eigenvalue weighted by Gasteiger charge is -1.80. The van der Waals surface area contributed by atoms with Crippen molar-refractivity contribution < 1.29 is 14.4 Å². The maximum Gasteiger partial charge on any atom is 0.337 e. The van der Waals surface area contributed by atoms with Gasteiger partial charge in [-0.2, -0.15) is 0 Å². The molecule has 0 unspecified atom stereocenters. The Morgan fingerprint density at radius 1 is 1.50 bits per heavy atom. The van der Waals surface area contributed by atoms with Gasteiger partial charge in [-0.05, 0) is 0 Å². The van der Waals surface area contributed by atoms with Crippen molar-refractivity contribution >= 4 is 24.3 Å². The fraction of sp³-hybridized carbons (Fsp3) is 0.200. The van der Waals surface area contributed by atoms with E-state index in [1.807, 2.05) is 0 Å². The zero-order chi connectivity index (χ0) is 7.98. The van der Waals surface area contributed by atoms with Gasteiger partial charge < -0.3 is 5.73 Å². The van der Waals surface area contributed by atoms with Gasteiger partial charge in [0.05, 0.1) is 0 Å². The molecule has 0 atom stereocenters. The quantitative estimate of drug-likeness (QED) is 0.320. The third-order valence-electron chi connectivity index (χ3n) is 0.642. The van der Waals surface area contributed by atoms with Gasteiger partial charge in [-0.1, -0.05) is 0 Å². The van der Waals surface area contributed by atoms with E-state index in [0.29, 0.717) is 0 Å². The van der Waals surface area contributed by atoms with E-state index in [1.165, 1.54) is 0 Å². The van der Waals surface area contributed by atoms with Crippen LogP contribution in [0.15, 0.2) is 4.99 Å². The van der Waals surface area contributed by atoms with Crippen molar-refractivity contribution in [3.63, 3.8) is 0 Å². The van der Waals surface area contributed by atoms with Crippen LogP contribution >= 0.6 is 0 Å². The fourth-order valence-corrected chi connectivity index (χ4v) is 0.274. The summed E-state index contributed by atoms with van der Waals surface area (Å²) >= 11 is 0. The van der Waals surface area contributed by atoms with Crippen LogP contribution in [0.2, 0.25) is 0 Å². The number of rotatable bonds is 3. The van der Waals surface area contributed by atoms with Crippen LogP contribution in [-0.4, -0.2) is 24.3 Å². The van der Waals surface area contributed by atoms with Gasteiger partial charge >= 0.3 is 6.03 Å². The summed E-state index contributed by atoms with van der Waals surface area (Å²) in [4.78, 5) is 32.8. The van der Waals surface area contributed by atoms with Gasteiger partial charge in [0, 0.05) is 12.6 Å². The molecule has 0 fully saturated rings. The first-order chi connectivity index (χ1) is 4.66. The Bertz CT molecular complexity index is 185. The third kappa shape index (κ3) is 4.63. The molecule has 0 rings (SSSR count). The van der Waals surface area contributed by atoms with Crippen LogP contribution in [-0.2, 0) is 9.59 Å². The van der Waals surface area contributed by atoms with Gasteiger partial charge in [0.1, 0.15) is 0 Å². The molecule has 0 bridgehead atoms. The number of amides is 2. The summed E-state index contributed by atoms with van der Waals surface area (Å²) in [5, 5.41) is 0. The first-order valence-corrected chi connectivity index (χ1v) is 2.46. The highest BCUT2D eigenvalue weighted by Gasteiger charge is 1.93. The molecule has 5 nitrogen and oxygen atoms in total. The minimum absolute atomic E-state index is 0.160. The Morgan fingerprint density at radius 2 is 2.10 bits per heavy atom. The number of aldehydes is 1. The predicted octanol–water partition coefficient (Wildman–Crippen LogP) is -0.706. The van der Waals surface area contributed by atoms with Gasteiger partial charge in [0.25, 0.3) is 0 Å². The molecule has 0 aromatic carbocycles. The van der Waals surface area contributed by atoms with Crippen LogP contribution in [0.3, 0.4) is 0 Å². The standard InChI is InChI=1S/C5H6N2O3/c6-5(10)7-2-1-4(9)3-8/h2-3H,1H2,(H2,6,10). The van der Waals surface area contributed by atoms with Crippen LogP contribution in [0.5, 0.6) is 0 Å². The number of urea groups is 1. The Balaban J connectivity index is 3.63. The minimum atomic E-state index is -0.876. The van der Waals surface area contributed by atoms with Gasteiger partial charge in [-0.15, -0.1) is 0 Å². The summed E-state index contributed by atoms with van der Waals surface area (Å²) in [6.07, 6.45) is 0.985. The largest absolute Gasteiger partial charge is 0.350 e. The first kappa shape index (κ1) is 8.48. The molecular formula is C5H6N2O3. The number of carbonyl (C=O) groups is 3. The maximum absolute atomic E-state index is 10.2. The molecule has 0 aromatic rings. The summed E-state index contributed by atoms with van der Waals surface area (Å²) in [5.41, 5.74) is 4.58. The molecule has 0 aliphatic carbocycles. The van der Waals surface area contributed by atoms with E-state index < -0.39 is 11.8 Å². The number of ketones is 1. The number of Topliss-reactive ketones (excluding diaryl/α,β-unsaturated/α-hetero) is 1. The fourth-order valence-electron chi connectivity index (χ4n) is 0.274. The lowest BCUT2D eigenvalue weighted by atomic mass is 10.3. The van der Waals surface area contributed by atoms with Crippen LogP contribution in [0, 0.1) is 0 Å². The molecule has 0 heterocycles. The van der Waals surface area contributed by atoms with Crippen LogP contribution < -0.4 is 5.73 Å². The van der Waals surface area contributed by atoms with E-state index in [0.717, 1.165) is 6.21 Å². The van der Waals surface area contributed by atoms with Crippen LogP contribution in [0.4, 0.5) is 4.79 Å². The molecule has 0 aliphatic rings. The van der Waals surface area contributed by atoms with Crippen molar-refractivity contribution in [1.29, 1.82) is 0 Å².